The van der Waals surface area contributed by atoms with E-state index in [-0.39, 0.29) is 17.3 Å². The molecule has 1 amide bonds. The number of aromatic nitrogens is 1. The van der Waals surface area contributed by atoms with Crippen LogP contribution in [-0.4, -0.2) is 50.4 Å². The van der Waals surface area contributed by atoms with E-state index in [9.17, 15) is 13.2 Å². The maximum atomic E-state index is 13.2. The summed E-state index contributed by atoms with van der Waals surface area (Å²) in [5, 5.41) is 3.24. The number of anilines is 1. The number of hydrogen-bond donors (Lipinski definition) is 1. The van der Waals surface area contributed by atoms with Gasteiger partial charge in [-0.2, -0.15) is 4.31 Å². The molecule has 0 spiro atoms. The highest BCUT2D eigenvalue weighted by Gasteiger charge is 2.40. The average Bonchev–Trinajstić information content (AvgIpc) is 3.40. The van der Waals surface area contributed by atoms with Crippen molar-refractivity contribution in [2.75, 3.05) is 26.1 Å². The van der Waals surface area contributed by atoms with Crippen LogP contribution >= 0.6 is 11.3 Å². The van der Waals surface area contributed by atoms with Crippen LogP contribution in [0.5, 0.6) is 11.5 Å². The van der Waals surface area contributed by atoms with Crippen LogP contribution in [0, 0.1) is 0 Å². The van der Waals surface area contributed by atoms with Crippen LogP contribution in [-0.2, 0) is 14.8 Å². The van der Waals surface area contributed by atoms with E-state index in [2.05, 4.69) is 10.3 Å². The number of nitrogens with zero attached hydrogens (tertiary/aromatic N) is 2. The summed E-state index contributed by atoms with van der Waals surface area (Å²) >= 11 is 1.36. The topological polar surface area (TPSA) is 97.8 Å². The molecule has 1 aromatic heterocycles. The first-order chi connectivity index (χ1) is 14.4. The molecular formula is C20H21N3O5S2. The van der Waals surface area contributed by atoms with Crippen molar-refractivity contribution in [2.45, 2.75) is 23.8 Å². The van der Waals surface area contributed by atoms with Gasteiger partial charge in [-0.15, -0.1) is 0 Å². The Bertz CT molecular complexity index is 1160. The van der Waals surface area contributed by atoms with Crippen LogP contribution in [0.1, 0.15) is 12.8 Å². The number of benzene rings is 2. The zero-order chi connectivity index (χ0) is 21.3. The molecule has 30 heavy (non-hydrogen) atoms. The molecule has 3 aromatic rings. The van der Waals surface area contributed by atoms with E-state index in [0.29, 0.717) is 29.5 Å². The molecule has 2 aromatic carbocycles. The first kappa shape index (κ1) is 20.6. The zero-order valence-corrected chi connectivity index (χ0v) is 18.1. The number of fused-ring (bicyclic) bond motifs is 1. The lowest BCUT2D eigenvalue weighted by molar-refractivity contribution is -0.119. The molecule has 0 radical (unpaired) electrons. The van der Waals surface area contributed by atoms with Crippen molar-refractivity contribution in [2.24, 2.45) is 0 Å². The highest BCUT2D eigenvalue weighted by Crippen LogP contribution is 2.33. The van der Waals surface area contributed by atoms with Crippen LogP contribution in [0.4, 0.5) is 5.13 Å². The molecule has 0 bridgehead atoms. The summed E-state index contributed by atoms with van der Waals surface area (Å²) in [6, 6.07) is 11.2. The molecule has 158 valence electrons. The number of nitrogens with one attached hydrogen (secondary N) is 1. The van der Waals surface area contributed by atoms with Crippen molar-refractivity contribution in [3.63, 3.8) is 0 Å². The van der Waals surface area contributed by atoms with Crippen molar-refractivity contribution in [3.8, 4) is 11.5 Å². The van der Waals surface area contributed by atoms with Gasteiger partial charge in [-0.3, -0.25) is 4.79 Å². The number of carbonyl (C=O) groups excluding carboxylic acids is 1. The van der Waals surface area contributed by atoms with Gasteiger partial charge in [0.1, 0.15) is 6.04 Å². The minimum atomic E-state index is -3.89. The molecule has 0 saturated carbocycles. The maximum absolute atomic E-state index is 13.2. The molecular weight excluding hydrogens is 426 g/mol. The quantitative estimate of drug-likeness (QED) is 0.624. The zero-order valence-electron chi connectivity index (χ0n) is 16.5. The fraction of sp³-hybridized carbons (Fsp3) is 0.300. The minimum Gasteiger partial charge on any atom is -0.493 e. The monoisotopic (exact) mass is 447 g/mol. The lowest BCUT2D eigenvalue weighted by Gasteiger charge is -2.23. The number of para-hydroxylation sites is 1. The summed E-state index contributed by atoms with van der Waals surface area (Å²) in [6.07, 6.45) is 1.05. The molecule has 2 heterocycles. The van der Waals surface area contributed by atoms with Crippen LogP contribution in [0.2, 0.25) is 0 Å². The Kier molecular flexibility index (Phi) is 5.63. The molecule has 1 N–H and O–H groups in total. The van der Waals surface area contributed by atoms with Gasteiger partial charge in [-0.25, -0.2) is 13.4 Å². The Morgan fingerprint density at radius 3 is 2.67 bits per heavy atom. The predicted molar refractivity (Wildman–Crippen MR) is 115 cm³/mol. The van der Waals surface area contributed by atoms with E-state index >= 15 is 0 Å². The Labute approximate surface area is 178 Å². The molecule has 1 atom stereocenters. The van der Waals surface area contributed by atoms with Crippen LogP contribution in [0.15, 0.2) is 47.4 Å². The van der Waals surface area contributed by atoms with E-state index < -0.39 is 16.1 Å². The number of amides is 1. The van der Waals surface area contributed by atoms with Crippen LogP contribution < -0.4 is 14.8 Å². The lowest BCUT2D eigenvalue weighted by atomic mass is 10.2. The van der Waals surface area contributed by atoms with E-state index in [1.165, 1.54) is 48.1 Å². The fourth-order valence-electron chi connectivity index (χ4n) is 3.52. The number of rotatable bonds is 6. The summed E-state index contributed by atoms with van der Waals surface area (Å²) in [6.45, 7) is 0.272. The molecule has 1 saturated heterocycles. The Hall–Kier alpha value is -2.69. The second-order valence-corrected chi connectivity index (χ2v) is 9.69. The molecule has 10 heteroatoms. The number of thiazole rings is 1. The van der Waals surface area contributed by atoms with E-state index in [1.807, 2.05) is 24.3 Å². The number of ether oxygens (including phenoxy) is 2. The number of sulfonamides is 1. The number of carbonyl (C=O) groups is 1. The van der Waals surface area contributed by atoms with Gasteiger partial charge in [0.2, 0.25) is 15.9 Å². The third-order valence-corrected chi connectivity index (χ3v) is 7.85. The standard InChI is InChI=1S/C20H21N3O5S2/c1-27-16-10-9-13(12-17(16)28-2)30(25,26)23-11-5-7-15(23)19(24)22-20-21-14-6-3-4-8-18(14)29-20/h3-4,6,8-10,12,15H,5,7,11H2,1-2H3,(H,21,22,24). The van der Waals surface area contributed by atoms with Crippen LogP contribution in [0.3, 0.4) is 0 Å². The molecule has 1 aliphatic rings. The van der Waals surface area contributed by atoms with Gasteiger partial charge in [-0.1, -0.05) is 23.5 Å². The second kappa shape index (κ2) is 8.21. The van der Waals surface area contributed by atoms with Gasteiger partial charge in [0.05, 0.1) is 29.3 Å². The molecule has 4 rings (SSSR count). The van der Waals surface area contributed by atoms with Crippen molar-refractivity contribution in [1.29, 1.82) is 0 Å². The third-order valence-electron chi connectivity index (χ3n) is 4.99. The normalized spacial score (nSPS) is 17.2. The molecule has 0 aliphatic carbocycles. The van der Waals surface area contributed by atoms with Crippen molar-refractivity contribution in [1.82, 2.24) is 9.29 Å². The predicted octanol–water partition coefficient (Wildman–Crippen LogP) is 3.11. The van der Waals surface area contributed by atoms with Gasteiger partial charge in [0.15, 0.2) is 16.6 Å². The summed E-state index contributed by atoms with van der Waals surface area (Å²) in [4.78, 5) is 17.4. The second-order valence-electron chi connectivity index (χ2n) is 6.77. The molecule has 8 nitrogen and oxygen atoms in total. The Morgan fingerprint density at radius 1 is 1.17 bits per heavy atom. The van der Waals surface area contributed by atoms with Gasteiger partial charge in [0.25, 0.3) is 0 Å². The third kappa shape index (κ3) is 3.73. The van der Waals surface area contributed by atoms with Gasteiger partial charge in [-0.05, 0) is 37.1 Å². The van der Waals surface area contributed by atoms with Crippen LogP contribution in [0.25, 0.3) is 10.2 Å². The number of methoxy groups -OCH3 is 2. The highest BCUT2D eigenvalue weighted by atomic mass is 32.2. The fourth-order valence-corrected chi connectivity index (χ4v) is 6.06. The van der Waals surface area contributed by atoms with E-state index in [0.717, 1.165) is 10.2 Å². The maximum Gasteiger partial charge on any atom is 0.244 e. The summed E-state index contributed by atoms with van der Waals surface area (Å²) in [5.41, 5.74) is 0.791. The summed E-state index contributed by atoms with van der Waals surface area (Å²) in [7, 11) is -0.964. The molecule has 1 unspecified atom stereocenters. The van der Waals surface area contributed by atoms with Crippen molar-refractivity contribution < 1.29 is 22.7 Å². The highest BCUT2D eigenvalue weighted by molar-refractivity contribution is 7.89. The lowest BCUT2D eigenvalue weighted by Crippen LogP contribution is -2.43. The summed E-state index contributed by atoms with van der Waals surface area (Å²) in [5.74, 6) is 0.367. The van der Waals surface area contributed by atoms with Gasteiger partial charge >= 0.3 is 0 Å². The average molecular weight is 448 g/mol. The Balaban J connectivity index is 1.58. The smallest absolute Gasteiger partial charge is 0.244 e. The van der Waals surface area contributed by atoms with E-state index in [1.54, 1.807) is 0 Å². The molecule has 1 fully saturated rings. The minimum absolute atomic E-state index is 0.0554. The van der Waals surface area contributed by atoms with Gasteiger partial charge < -0.3 is 14.8 Å². The van der Waals surface area contributed by atoms with Gasteiger partial charge in [0, 0.05) is 12.6 Å². The number of hydrogen-bond acceptors (Lipinski definition) is 7. The molecule has 1 aliphatic heterocycles. The summed E-state index contributed by atoms with van der Waals surface area (Å²) < 4.78 is 39.1. The van der Waals surface area contributed by atoms with Crippen molar-refractivity contribution in [3.05, 3.63) is 42.5 Å². The van der Waals surface area contributed by atoms with E-state index in [4.69, 9.17) is 9.47 Å². The van der Waals surface area contributed by atoms with Crippen molar-refractivity contribution >= 4 is 42.6 Å². The SMILES string of the molecule is COc1ccc(S(=O)(=O)N2CCCC2C(=O)Nc2nc3ccccc3s2)cc1OC. The Morgan fingerprint density at radius 2 is 1.93 bits per heavy atom. The largest absolute Gasteiger partial charge is 0.493 e. The first-order valence-electron chi connectivity index (χ1n) is 9.34. The first-order valence-corrected chi connectivity index (χ1v) is 11.6.